The number of nitrogens with zero attached hydrogens (tertiary/aromatic N) is 1. The van der Waals surface area contributed by atoms with Crippen molar-refractivity contribution in [1.82, 2.24) is 0 Å². The molecule has 0 aliphatic heterocycles. The summed E-state index contributed by atoms with van der Waals surface area (Å²) in [5.41, 5.74) is 6.45. The van der Waals surface area contributed by atoms with Crippen molar-refractivity contribution in [3.63, 3.8) is 0 Å². The molecule has 1 nitrogen and oxygen atoms in total. The van der Waals surface area contributed by atoms with Crippen LogP contribution in [-0.2, 0) is 0 Å². The predicted octanol–water partition coefficient (Wildman–Crippen LogP) is 7.44. The fourth-order valence-corrected chi connectivity index (χ4v) is 4.20. The number of hydrogen-bond acceptors (Lipinski definition) is 1. The van der Waals surface area contributed by atoms with Gasteiger partial charge in [0.2, 0.25) is 0 Å². The molecule has 0 N–H and O–H groups in total. The Hall–Kier alpha value is -3.32. The highest BCUT2D eigenvalue weighted by Gasteiger charge is 2.25. The first-order valence-corrected chi connectivity index (χ1v) is 9.90. The number of anilines is 2. The summed E-state index contributed by atoms with van der Waals surface area (Å²) in [7, 11) is 0. The Balaban J connectivity index is 1.69. The first-order chi connectivity index (χ1) is 13.8. The average molecular weight is 361 g/mol. The smallest absolute Gasteiger partial charge is 0.0631 e. The lowest BCUT2D eigenvalue weighted by molar-refractivity contribution is 0.702. The van der Waals surface area contributed by atoms with Gasteiger partial charge in [0.15, 0.2) is 0 Å². The van der Waals surface area contributed by atoms with Crippen molar-refractivity contribution in [1.29, 1.82) is 0 Å². The molecule has 0 saturated heterocycles. The van der Waals surface area contributed by atoms with Crippen molar-refractivity contribution >= 4 is 28.2 Å². The molecule has 0 unspecified atom stereocenters. The Morgan fingerprint density at radius 1 is 0.714 bits per heavy atom. The van der Waals surface area contributed by atoms with E-state index in [4.69, 9.17) is 0 Å². The third kappa shape index (κ3) is 2.99. The Morgan fingerprint density at radius 2 is 1.43 bits per heavy atom. The highest BCUT2D eigenvalue weighted by atomic mass is 15.2. The van der Waals surface area contributed by atoms with Crippen molar-refractivity contribution < 1.29 is 0 Å². The fourth-order valence-electron chi connectivity index (χ4n) is 4.20. The van der Waals surface area contributed by atoms with E-state index >= 15 is 0 Å². The van der Waals surface area contributed by atoms with Gasteiger partial charge in [-0.3, -0.25) is 0 Å². The highest BCUT2D eigenvalue weighted by Crippen LogP contribution is 2.41. The molecule has 4 aromatic rings. The largest absolute Gasteiger partial charge is 0.334 e. The summed E-state index contributed by atoms with van der Waals surface area (Å²) < 4.78 is 0. The number of aryl methyl sites for hydroxylation is 1. The van der Waals surface area contributed by atoms with Crippen LogP contribution in [0.4, 0.5) is 11.4 Å². The van der Waals surface area contributed by atoms with E-state index in [2.05, 4.69) is 115 Å². The normalized spacial score (nSPS) is 15.4. The summed E-state index contributed by atoms with van der Waals surface area (Å²) >= 11 is 0. The second-order valence-electron chi connectivity index (χ2n) is 7.52. The lowest BCUT2D eigenvalue weighted by Crippen LogP contribution is -2.25. The van der Waals surface area contributed by atoms with E-state index in [-0.39, 0.29) is 6.04 Å². The topological polar surface area (TPSA) is 3.24 Å². The molecule has 0 fully saturated rings. The van der Waals surface area contributed by atoms with E-state index < -0.39 is 0 Å². The number of benzene rings is 4. The summed E-state index contributed by atoms with van der Waals surface area (Å²) in [6, 6.07) is 33.3. The van der Waals surface area contributed by atoms with E-state index in [1.54, 1.807) is 0 Å². The second-order valence-corrected chi connectivity index (χ2v) is 7.52. The van der Waals surface area contributed by atoms with Crippen LogP contribution in [-0.4, -0.2) is 0 Å². The Morgan fingerprint density at radius 3 is 2.29 bits per heavy atom. The molecular weight excluding hydrogens is 338 g/mol. The first-order valence-electron chi connectivity index (χ1n) is 9.90. The molecule has 4 aromatic carbocycles. The maximum Gasteiger partial charge on any atom is 0.0631 e. The monoisotopic (exact) mass is 361 g/mol. The molecule has 0 bridgehead atoms. The zero-order valence-corrected chi connectivity index (χ0v) is 16.0. The Labute approximate surface area is 166 Å². The van der Waals surface area contributed by atoms with Crippen LogP contribution in [0.2, 0.25) is 0 Å². The van der Waals surface area contributed by atoms with Crippen LogP contribution in [0.1, 0.15) is 29.2 Å². The highest BCUT2D eigenvalue weighted by molar-refractivity contribution is 5.87. The average Bonchev–Trinajstić information content (AvgIpc) is 2.75. The Kier molecular flexibility index (Phi) is 4.21. The van der Waals surface area contributed by atoms with Gasteiger partial charge in [0, 0.05) is 11.4 Å². The molecular formula is C27H23N. The number of hydrogen-bond donors (Lipinski definition) is 0. The zero-order valence-electron chi connectivity index (χ0n) is 16.0. The minimum absolute atomic E-state index is 0.282. The van der Waals surface area contributed by atoms with E-state index in [0.717, 1.165) is 6.42 Å². The van der Waals surface area contributed by atoms with Gasteiger partial charge < -0.3 is 4.90 Å². The van der Waals surface area contributed by atoms with E-state index in [1.165, 1.54) is 38.8 Å². The predicted molar refractivity (Wildman–Crippen MR) is 120 cm³/mol. The van der Waals surface area contributed by atoms with Gasteiger partial charge in [-0.1, -0.05) is 84.4 Å². The molecule has 1 atom stereocenters. The van der Waals surface area contributed by atoms with Crippen molar-refractivity contribution in [2.45, 2.75) is 19.4 Å². The van der Waals surface area contributed by atoms with Gasteiger partial charge in [0.1, 0.15) is 0 Å². The van der Waals surface area contributed by atoms with Gasteiger partial charge in [-0.15, -0.1) is 0 Å². The van der Waals surface area contributed by atoms with Gasteiger partial charge in [0.25, 0.3) is 0 Å². The first kappa shape index (κ1) is 16.8. The van der Waals surface area contributed by atoms with Crippen molar-refractivity contribution in [3.8, 4) is 0 Å². The molecule has 5 rings (SSSR count). The van der Waals surface area contributed by atoms with Gasteiger partial charge in [-0.05, 0) is 59.5 Å². The maximum atomic E-state index is 2.49. The SMILES string of the molecule is Cc1ccc(N(c2ccc3ccccc3c2)[C@H]2CC=Cc3ccccc32)cc1. The summed E-state index contributed by atoms with van der Waals surface area (Å²) in [6.07, 6.45) is 5.55. The molecule has 1 heteroatoms. The number of rotatable bonds is 3. The van der Waals surface area contributed by atoms with Crippen LogP contribution in [0.3, 0.4) is 0 Å². The Bertz CT molecular complexity index is 1150. The van der Waals surface area contributed by atoms with Crippen LogP contribution in [0.15, 0.2) is 97.1 Å². The second kappa shape index (κ2) is 7.01. The molecule has 0 radical (unpaired) electrons. The quantitative estimate of drug-likeness (QED) is 0.366. The summed E-state index contributed by atoms with van der Waals surface area (Å²) in [5.74, 6) is 0. The molecule has 1 aliphatic carbocycles. The van der Waals surface area contributed by atoms with E-state index in [9.17, 15) is 0 Å². The minimum Gasteiger partial charge on any atom is -0.334 e. The molecule has 1 aliphatic rings. The molecule has 28 heavy (non-hydrogen) atoms. The van der Waals surface area contributed by atoms with Crippen LogP contribution >= 0.6 is 0 Å². The van der Waals surface area contributed by atoms with Crippen molar-refractivity contribution in [2.24, 2.45) is 0 Å². The van der Waals surface area contributed by atoms with Gasteiger partial charge in [-0.2, -0.15) is 0 Å². The molecule has 0 saturated carbocycles. The van der Waals surface area contributed by atoms with E-state index in [1.807, 2.05) is 0 Å². The van der Waals surface area contributed by atoms with Gasteiger partial charge in [-0.25, -0.2) is 0 Å². The van der Waals surface area contributed by atoms with Crippen molar-refractivity contribution in [3.05, 3.63) is 114 Å². The lowest BCUT2D eigenvalue weighted by atomic mass is 9.90. The molecule has 0 aromatic heterocycles. The summed E-state index contributed by atoms with van der Waals surface area (Å²) in [4.78, 5) is 2.49. The van der Waals surface area contributed by atoms with Crippen LogP contribution in [0.25, 0.3) is 16.8 Å². The van der Waals surface area contributed by atoms with Crippen LogP contribution in [0.5, 0.6) is 0 Å². The van der Waals surface area contributed by atoms with Gasteiger partial charge in [0.05, 0.1) is 6.04 Å². The zero-order chi connectivity index (χ0) is 18.9. The summed E-state index contributed by atoms with van der Waals surface area (Å²) in [6.45, 7) is 2.14. The minimum atomic E-state index is 0.282. The summed E-state index contributed by atoms with van der Waals surface area (Å²) in [5, 5.41) is 2.55. The third-order valence-electron chi connectivity index (χ3n) is 5.65. The van der Waals surface area contributed by atoms with Gasteiger partial charge >= 0.3 is 0 Å². The molecule has 0 spiro atoms. The van der Waals surface area contributed by atoms with Crippen molar-refractivity contribution in [2.75, 3.05) is 4.90 Å². The standard InChI is InChI=1S/C27H23N/c1-20-13-16-24(17-14-20)28(25-18-15-21-7-2-3-9-23(21)19-25)27-12-6-10-22-8-4-5-11-26(22)27/h2-11,13-19,27H,12H2,1H3/t27-/m0/s1. The molecule has 0 amide bonds. The molecule has 136 valence electrons. The fraction of sp³-hybridized carbons (Fsp3) is 0.111. The molecule has 0 heterocycles. The third-order valence-corrected chi connectivity index (χ3v) is 5.65. The van der Waals surface area contributed by atoms with Crippen LogP contribution < -0.4 is 4.90 Å². The number of fused-ring (bicyclic) bond motifs is 2. The maximum absolute atomic E-state index is 2.49. The van der Waals surface area contributed by atoms with E-state index in [0.29, 0.717) is 0 Å². The van der Waals surface area contributed by atoms with Crippen LogP contribution in [0, 0.1) is 6.92 Å². The lowest BCUT2D eigenvalue weighted by Gasteiger charge is -2.36.